The average molecular weight is 377 g/mol. The zero-order valence-corrected chi connectivity index (χ0v) is 17.2. The quantitative estimate of drug-likeness (QED) is 0.658. The molecule has 2 nitrogen and oxygen atoms in total. The lowest BCUT2D eigenvalue weighted by Gasteiger charge is -2.56. The van der Waals surface area contributed by atoms with E-state index in [-0.39, 0.29) is 11.2 Å². The van der Waals surface area contributed by atoms with E-state index < -0.39 is 0 Å². The summed E-state index contributed by atoms with van der Waals surface area (Å²) in [5.74, 6) is 2.39. The van der Waals surface area contributed by atoms with Gasteiger partial charge in [0.1, 0.15) is 0 Å². The number of ether oxygens (including phenoxy) is 1. The van der Waals surface area contributed by atoms with Gasteiger partial charge in [-0.3, -0.25) is 4.79 Å². The molecule has 148 valence electrons. The van der Waals surface area contributed by atoms with Crippen LogP contribution in [0.15, 0.2) is 54.1 Å². The summed E-state index contributed by atoms with van der Waals surface area (Å²) in [4.78, 5) is 11.9. The van der Waals surface area contributed by atoms with Crippen molar-refractivity contribution in [2.45, 2.75) is 65.1 Å². The molecule has 0 unspecified atom stereocenters. The molecule has 3 saturated carbocycles. The van der Waals surface area contributed by atoms with Crippen LogP contribution in [0.5, 0.6) is 0 Å². The van der Waals surface area contributed by atoms with E-state index in [0.717, 1.165) is 24.9 Å². The van der Waals surface area contributed by atoms with Crippen molar-refractivity contribution < 1.29 is 9.53 Å². The van der Waals surface area contributed by atoms with Gasteiger partial charge in [0.15, 0.2) is 5.78 Å². The van der Waals surface area contributed by atoms with E-state index in [4.69, 9.17) is 4.74 Å². The number of rotatable bonds is 3. The van der Waals surface area contributed by atoms with Gasteiger partial charge in [0.25, 0.3) is 0 Å². The topological polar surface area (TPSA) is 26.3 Å². The molecule has 0 N–H and O–H groups in total. The van der Waals surface area contributed by atoms with Gasteiger partial charge in [-0.05, 0) is 79.4 Å². The highest BCUT2D eigenvalue weighted by molar-refractivity contribution is 6.01. The van der Waals surface area contributed by atoms with Gasteiger partial charge in [0, 0.05) is 5.41 Å². The maximum absolute atomic E-state index is 11.9. The first kappa shape index (κ1) is 18.4. The molecule has 0 saturated heterocycles. The summed E-state index contributed by atoms with van der Waals surface area (Å²) >= 11 is 0. The first-order chi connectivity index (χ1) is 13.5. The van der Waals surface area contributed by atoms with Crippen LogP contribution in [0, 0.1) is 28.6 Å². The van der Waals surface area contributed by atoms with E-state index in [1.807, 2.05) is 12.2 Å². The Balaban J connectivity index is 1.35. The highest BCUT2D eigenvalue weighted by Crippen LogP contribution is 2.64. The molecule has 1 aromatic carbocycles. The van der Waals surface area contributed by atoms with Crippen molar-refractivity contribution in [3.8, 4) is 0 Å². The lowest BCUT2D eigenvalue weighted by Crippen LogP contribution is -2.50. The maximum atomic E-state index is 11.9. The Morgan fingerprint density at radius 1 is 1.04 bits per heavy atom. The van der Waals surface area contributed by atoms with E-state index in [1.165, 1.54) is 43.2 Å². The van der Waals surface area contributed by atoms with Gasteiger partial charge in [0.05, 0.1) is 12.7 Å². The Kier molecular flexibility index (Phi) is 4.39. The molecule has 0 bridgehead atoms. The number of carbonyl (C=O) groups excluding carboxylic acids is 1. The number of carbonyl (C=O) groups is 1. The van der Waals surface area contributed by atoms with Gasteiger partial charge < -0.3 is 4.74 Å². The number of hydrogen-bond donors (Lipinski definition) is 0. The Labute approximate surface area is 169 Å². The van der Waals surface area contributed by atoms with E-state index >= 15 is 0 Å². The van der Waals surface area contributed by atoms with E-state index in [0.29, 0.717) is 17.4 Å². The van der Waals surface area contributed by atoms with Crippen LogP contribution in [-0.4, -0.2) is 11.9 Å². The Morgan fingerprint density at radius 2 is 1.86 bits per heavy atom. The molecular weight excluding hydrogens is 344 g/mol. The predicted molar refractivity (Wildman–Crippen MR) is 112 cm³/mol. The third kappa shape index (κ3) is 2.76. The van der Waals surface area contributed by atoms with Gasteiger partial charge in [-0.15, -0.1) is 0 Å². The Bertz CT molecular complexity index is 822. The average Bonchev–Trinajstić information content (AvgIpc) is 3.04. The summed E-state index contributed by atoms with van der Waals surface area (Å²) in [6.07, 6.45) is 13.7. The van der Waals surface area contributed by atoms with Crippen LogP contribution in [0.3, 0.4) is 0 Å². The van der Waals surface area contributed by atoms with Crippen molar-refractivity contribution in [2.75, 3.05) is 0 Å². The molecule has 0 heterocycles. The van der Waals surface area contributed by atoms with E-state index in [2.05, 4.69) is 50.3 Å². The van der Waals surface area contributed by atoms with Crippen LogP contribution in [-0.2, 0) is 16.1 Å². The summed E-state index contributed by atoms with van der Waals surface area (Å²) in [6.45, 7) is 5.63. The number of benzene rings is 1. The standard InChI is InChI=1S/C26H32O2/c1-25-14-12-20(27)16-19(25)8-9-21-22-10-11-24(26(22,2)15-13-23(21)25)28-17-18-6-4-3-5-7-18/h3-7,12,14,16,21-24H,8-11,13,15,17H2,1-2H3/t21-,22+,23+,24+,25+,26+/m1/s1. The second-order valence-corrected chi connectivity index (χ2v) is 10.0. The largest absolute Gasteiger partial charge is 0.373 e. The number of fused-ring (bicyclic) bond motifs is 5. The zero-order valence-electron chi connectivity index (χ0n) is 17.2. The second kappa shape index (κ2) is 6.69. The van der Waals surface area contributed by atoms with E-state index in [9.17, 15) is 4.79 Å². The van der Waals surface area contributed by atoms with Gasteiger partial charge >= 0.3 is 0 Å². The second-order valence-electron chi connectivity index (χ2n) is 10.0. The normalized spacial score (nSPS) is 41.8. The molecule has 6 atom stereocenters. The van der Waals surface area contributed by atoms with Crippen LogP contribution in [0.25, 0.3) is 0 Å². The number of hydrogen-bond acceptors (Lipinski definition) is 2. The molecule has 28 heavy (non-hydrogen) atoms. The van der Waals surface area contributed by atoms with Gasteiger partial charge in [0.2, 0.25) is 0 Å². The van der Waals surface area contributed by atoms with Gasteiger partial charge in [-0.25, -0.2) is 0 Å². The molecule has 2 heteroatoms. The minimum atomic E-state index is 0.0984. The van der Waals surface area contributed by atoms with Crippen LogP contribution >= 0.6 is 0 Å². The number of ketones is 1. The minimum absolute atomic E-state index is 0.0984. The fourth-order valence-electron chi connectivity index (χ4n) is 7.19. The van der Waals surface area contributed by atoms with Crippen LogP contribution < -0.4 is 0 Å². The Morgan fingerprint density at radius 3 is 2.68 bits per heavy atom. The first-order valence-electron chi connectivity index (χ1n) is 11.1. The van der Waals surface area contributed by atoms with Crippen LogP contribution in [0.2, 0.25) is 0 Å². The SMILES string of the molecule is C[C@]12CC[C@H]3[C@H](CCC4=CC(=O)C=C[C@@]43C)[C@@H]1CC[C@@H]2OCc1ccccc1. The minimum Gasteiger partial charge on any atom is -0.373 e. The number of allylic oxidation sites excluding steroid dienone is 4. The third-order valence-corrected chi connectivity index (χ3v) is 8.76. The summed E-state index contributed by atoms with van der Waals surface area (Å²) in [7, 11) is 0. The fourth-order valence-corrected chi connectivity index (χ4v) is 7.19. The molecule has 0 amide bonds. The summed E-state index contributed by atoms with van der Waals surface area (Å²) in [5, 5.41) is 0. The monoisotopic (exact) mass is 376 g/mol. The van der Waals surface area contributed by atoms with Crippen molar-refractivity contribution in [3.63, 3.8) is 0 Å². The fraction of sp³-hybridized carbons (Fsp3) is 0.577. The summed E-state index contributed by atoms with van der Waals surface area (Å²) < 4.78 is 6.52. The molecule has 0 spiro atoms. The molecular formula is C26H32O2. The summed E-state index contributed by atoms with van der Waals surface area (Å²) in [6, 6.07) is 10.6. The van der Waals surface area contributed by atoms with Gasteiger partial charge in [-0.1, -0.05) is 55.8 Å². The molecule has 5 rings (SSSR count). The third-order valence-electron chi connectivity index (χ3n) is 8.76. The van der Waals surface area contributed by atoms with Crippen molar-refractivity contribution in [1.29, 1.82) is 0 Å². The molecule has 0 aromatic heterocycles. The van der Waals surface area contributed by atoms with Crippen molar-refractivity contribution in [3.05, 3.63) is 59.7 Å². The van der Waals surface area contributed by atoms with Crippen molar-refractivity contribution >= 4 is 5.78 Å². The van der Waals surface area contributed by atoms with Gasteiger partial charge in [-0.2, -0.15) is 0 Å². The molecule has 0 radical (unpaired) electrons. The molecule has 0 aliphatic heterocycles. The lowest BCUT2D eigenvalue weighted by atomic mass is 9.48. The predicted octanol–water partition coefficient (Wildman–Crippen LogP) is 5.88. The maximum Gasteiger partial charge on any atom is 0.178 e. The highest BCUT2D eigenvalue weighted by Gasteiger charge is 2.58. The smallest absolute Gasteiger partial charge is 0.178 e. The molecule has 4 aliphatic carbocycles. The van der Waals surface area contributed by atoms with Crippen LogP contribution in [0.4, 0.5) is 0 Å². The first-order valence-corrected chi connectivity index (χ1v) is 11.1. The lowest BCUT2D eigenvalue weighted by molar-refractivity contribution is -0.111. The molecule has 4 aliphatic rings. The summed E-state index contributed by atoms with van der Waals surface area (Å²) in [5.41, 5.74) is 3.07. The highest BCUT2D eigenvalue weighted by atomic mass is 16.5. The van der Waals surface area contributed by atoms with Crippen molar-refractivity contribution in [2.24, 2.45) is 28.6 Å². The zero-order chi connectivity index (χ0) is 19.4. The van der Waals surface area contributed by atoms with E-state index in [1.54, 1.807) is 0 Å². The van der Waals surface area contributed by atoms with Crippen molar-refractivity contribution in [1.82, 2.24) is 0 Å². The Hall–Kier alpha value is -1.67. The van der Waals surface area contributed by atoms with Crippen LogP contribution in [0.1, 0.15) is 57.9 Å². The molecule has 1 aromatic rings. The molecule has 3 fully saturated rings.